The molecule has 1 saturated heterocycles. The number of nitrogens with one attached hydrogen (secondary N) is 1. The molecule has 1 fully saturated rings. The maximum Gasteiger partial charge on any atom is 0.231 e. The minimum atomic E-state index is 0.290. The molecule has 2 atom stereocenters. The summed E-state index contributed by atoms with van der Waals surface area (Å²) < 4.78 is 5.38. The third-order valence-electron chi connectivity index (χ3n) is 3.72. The quantitative estimate of drug-likeness (QED) is 0.945. The first-order valence-corrected chi connectivity index (χ1v) is 7.37. The molecule has 0 unspecified atom stereocenters. The lowest BCUT2D eigenvalue weighted by atomic mass is 9.98. The Morgan fingerprint density at radius 1 is 1.30 bits per heavy atom. The molecule has 2 heterocycles. The van der Waals surface area contributed by atoms with Gasteiger partial charge >= 0.3 is 0 Å². The summed E-state index contributed by atoms with van der Waals surface area (Å²) in [5.74, 6) is 2.11. The van der Waals surface area contributed by atoms with E-state index in [2.05, 4.69) is 22.4 Å². The van der Waals surface area contributed by atoms with Crippen molar-refractivity contribution in [3.8, 4) is 0 Å². The summed E-state index contributed by atoms with van der Waals surface area (Å²) in [6.45, 7) is 4.05. The average Bonchev–Trinajstić information content (AvgIpc) is 3.02. The van der Waals surface area contributed by atoms with Gasteiger partial charge in [0.05, 0.1) is 5.92 Å². The van der Waals surface area contributed by atoms with Crippen LogP contribution in [0.5, 0.6) is 0 Å². The Hall–Kier alpha value is -1.10. The van der Waals surface area contributed by atoms with Gasteiger partial charge < -0.3 is 9.84 Å². The van der Waals surface area contributed by atoms with E-state index >= 15 is 0 Å². The predicted molar refractivity (Wildman–Crippen MR) is 78.3 cm³/mol. The van der Waals surface area contributed by atoms with E-state index in [9.17, 15) is 0 Å². The van der Waals surface area contributed by atoms with Gasteiger partial charge in [-0.05, 0) is 30.2 Å². The second kappa shape index (κ2) is 5.72. The van der Waals surface area contributed by atoms with Gasteiger partial charge in [0.15, 0.2) is 5.82 Å². The van der Waals surface area contributed by atoms with Crippen LogP contribution in [-0.2, 0) is 6.42 Å². The molecule has 106 valence electrons. The van der Waals surface area contributed by atoms with Crippen LogP contribution in [0.4, 0.5) is 0 Å². The normalized spacial score (nSPS) is 22.4. The van der Waals surface area contributed by atoms with Crippen molar-refractivity contribution in [2.75, 3.05) is 13.1 Å². The van der Waals surface area contributed by atoms with E-state index in [1.54, 1.807) is 0 Å². The summed E-state index contributed by atoms with van der Waals surface area (Å²) in [6, 6.07) is 5.45. The number of benzene rings is 1. The maximum absolute atomic E-state index is 6.16. The van der Waals surface area contributed by atoms with E-state index in [1.807, 2.05) is 18.2 Å². The molecule has 1 aromatic heterocycles. The number of halogens is 2. The highest BCUT2D eigenvalue weighted by molar-refractivity contribution is 6.36. The summed E-state index contributed by atoms with van der Waals surface area (Å²) in [4.78, 5) is 4.49. The van der Waals surface area contributed by atoms with Crippen molar-refractivity contribution in [3.63, 3.8) is 0 Å². The van der Waals surface area contributed by atoms with Gasteiger partial charge in [-0.15, -0.1) is 0 Å². The SMILES string of the molecule is C[C@@H]1CNC[C@H]1c1nc(Cc2c(Cl)cccc2Cl)no1. The first-order valence-electron chi connectivity index (χ1n) is 6.61. The van der Waals surface area contributed by atoms with Crippen LogP contribution < -0.4 is 5.32 Å². The van der Waals surface area contributed by atoms with Crippen molar-refractivity contribution in [1.29, 1.82) is 0 Å². The van der Waals surface area contributed by atoms with Gasteiger partial charge in [0.1, 0.15) is 0 Å². The van der Waals surface area contributed by atoms with Gasteiger partial charge in [0.2, 0.25) is 5.89 Å². The van der Waals surface area contributed by atoms with Gasteiger partial charge in [-0.2, -0.15) is 4.98 Å². The molecule has 0 aliphatic carbocycles. The Kier molecular flexibility index (Phi) is 3.96. The fourth-order valence-electron chi connectivity index (χ4n) is 2.49. The summed E-state index contributed by atoms with van der Waals surface area (Å²) in [5.41, 5.74) is 0.834. The highest BCUT2D eigenvalue weighted by Crippen LogP contribution is 2.29. The zero-order chi connectivity index (χ0) is 14.1. The fraction of sp³-hybridized carbons (Fsp3) is 0.429. The Labute approximate surface area is 127 Å². The third kappa shape index (κ3) is 2.68. The average molecular weight is 312 g/mol. The molecular weight excluding hydrogens is 297 g/mol. The van der Waals surface area contributed by atoms with Crippen LogP contribution in [0.1, 0.15) is 30.1 Å². The molecule has 0 radical (unpaired) electrons. The topological polar surface area (TPSA) is 51.0 Å². The van der Waals surface area contributed by atoms with Gasteiger partial charge in [-0.25, -0.2) is 0 Å². The first-order chi connectivity index (χ1) is 9.65. The molecule has 4 nitrogen and oxygen atoms in total. The van der Waals surface area contributed by atoms with Crippen molar-refractivity contribution >= 4 is 23.2 Å². The lowest BCUT2D eigenvalue weighted by Gasteiger charge is -2.07. The number of hydrogen-bond donors (Lipinski definition) is 1. The molecule has 1 aliphatic rings. The molecule has 1 aliphatic heterocycles. The van der Waals surface area contributed by atoms with Crippen molar-refractivity contribution < 1.29 is 4.52 Å². The minimum Gasteiger partial charge on any atom is -0.339 e. The van der Waals surface area contributed by atoms with E-state index in [0.29, 0.717) is 34.1 Å². The second-order valence-electron chi connectivity index (χ2n) is 5.17. The third-order valence-corrected chi connectivity index (χ3v) is 4.42. The van der Waals surface area contributed by atoms with Gasteiger partial charge in [0.25, 0.3) is 0 Å². The number of aromatic nitrogens is 2. The van der Waals surface area contributed by atoms with Gasteiger partial charge in [0, 0.05) is 23.0 Å². The molecule has 6 heteroatoms. The minimum absolute atomic E-state index is 0.290. The maximum atomic E-state index is 6.16. The fourth-order valence-corrected chi connectivity index (χ4v) is 3.02. The highest BCUT2D eigenvalue weighted by Gasteiger charge is 2.29. The van der Waals surface area contributed by atoms with Crippen LogP contribution >= 0.6 is 23.2 Å². The monoisotopic (exact) mass is 311 g/mol. The molecule has 0 bridgehead atoms. The van der Waals surface area contributed by atoms with Crippen LogP contribution in [0.2, 0.25) is 10.0 Å². The standard InChI is InChI=1S/C14H15Cl2N3O/c1-8-6-17-7-10(8)14-18-13(19-20-14)5-9-11(15)3-2-4-12(9)16/h2-4,8,10,17H,5-7H2,1H3/t8-,10-/m1/s1. The van der Waals surface area contributed by atoms with Crippen LogP contribution in [0.25, 0.3) is 0 Å². The first kappa shape index (κ1) is 13.9. The van der Waals surface area contributed by atoms with E-state index in [0.717, 1.165) is 18.7 Å². The molecule has 1 N–H and O–H groups in total. The van der Waals surface area contributed by atoms with Crippen molar-refractivity contribution in [1.82, 2.24) is 15.5 Å². The van der Waals surface area contributed by atoms with Crippen molar-refractivity contribution in [3.05, 3.63) is 45.5 Å². The zero-order valence-corrected chi connectivity index (χ0v) is 12.6. The molecule has 0 saturated carbocycles. The molecule has 1 aromatic carbocycles. The van der Waals surface area contributed by atoms with Crippen molar-refractivity contribution in [2.45, 2.75) is 19.3 Å². The smallest absolute Gasteiger partial charge is 0.231 e. The van der Waals surface area contributed by atoms with E-state index in [4.69, 9.17) is 27.7 Å². The summed E-state index contributed by atoms with van der Waals surface area (Å²) in [5, 5.41) is 8.62. The number of nitrogens with zero attached hydrogens (tertiary/aromatic N) is 2. The van der Waals surface area contributed by atoms with E-state index in [1.165, 1.54) is 0 Å². The lowest BCUT2D eigenvalue weighted by molar-refractivity contribution is 0.337. The van der Waals surface area contributed by atoms with E-state index in [-0.39, 0.29) is 5.92 Å². The van der Waals surface area contributed by atoms with Gasteiger partial charge in [-0.3, -0.25) is 0 Å². The van der Waals surface area contributed by atoms with E-state index < -0.39 is 0 Å². The molecule has 2 aromatic rings. The van der Waals surface area contributed by atoms with Crippen LogP contribution in [0.3, 0.4) is 0 Å². The second-order valence-corrected chi connectivity index (χ2v) is 5.98. The summed E-state index contributed by atoms with van der Waals surface area (Å²) in [6.07, 6.45) is 0.483. The van der Waals surface area contributed by atoms with Crippen LogP contribution in [0.15, 0.2) is 22.7 Å². The summed E-state index contributed by atoms with van der Waals surface area (Å²) in [7, 11) is 0. The van der Waals surface area contributed by atoms with Crippen molar-refractivity contribution in [2.24, 2.45) is 5.92 Å². The Balaban J connectivity index is 1.81. The number of hydrogen-bond acceptors (Lipinski definition) is 4. The lowest BCUT2D eigenvalue weighted by Crippen LogP contribution is -2.08. The van der Waals surface area contributed by atoms with Gasteiger partial charge in [-0.1, -0.05) is 41.3 Å². The zero-order valence-electron chi connectivity index (χ0n) is 11.1. The Morgan fingerprint density at radius 3 is 2.70 bits per heavy atom. The molecular formula is C14H15Cl2N3O. The highest BCUT2D eigenvalue weighted by atomic mass is 35.5. The molecule has 3 rings (SSSR count). The molecule has 20 heavy (non-hydrogen) atoms. The molecule has 0 amide bonds. The predicted octanol–water partition coefficient (Wildman–Crippen LogP) is 3.29. The summed E-state index contributed by atoms with van der Waals surface area (Å²) >= 11 is 12.3. The number of rotatable bonds is 3. The van der Waals surface area contributed by atoms with Crippen LogP contribution in [-0.4, -0.2) is 23.2 Å². The molecule has 0 spiro atoms. The Morgan fingerprint density at radius 2 is 2.05 bits per heavy atom. The van der Waals surface area contributed by atoms with Crippen LogP contribution in [0, 0.1) is 5.92 Å². The Bertz CT molecular complexity index is 594. The largest absolute Gasteiger partial charge is 0.339 e.